The molecule has 25 heavy (non-hydrogen) atoms. The highest BCUT2D eigenvalue weighted by atomic mass is 32.2. The van der Waals surface area contributed by atoms with Crippen molar-refractivity contribution in [2.24, 2.45) is 5.92 Å². The fourth-order valence-electron chi connectivity index (χ4n) is 1.56. The van der Waals surface area contributed by atoms with Gasteiger partial charge >= 0.3 is 6.03 Å². The number of nitrogens with one attached hydrogen (secondary N) is 2. The van der Waals surface area contributed by atoms with Crippen LogP contribution in [-0.4, -0.2) is 33.6 Å². The highest BCUT2D eigenvalue weighted by Gasteiger charge is 2.12. The molecule has 0 aliphatic rings. The predicted molar refractivity (Wildman–Crippen MR) is 99.8 cm³/mol. The van der Waals surface area contributed by atoms with Crippen LogP contribution in [0.2, 0.25) is 0 Å². The van der Waals surface area contributed by atoms with Crippen molar-refractivity contribution in [3.63, 3.8) is 0 Å². The van der Waals surface area contributed by atoms with Gasteiger partial charge in [-0.05, 0) is 18.1 Å². The van der Waals surface area contributed by atoms with Crippen molar-refractivity contribution < 1.29 is 14.0 Å². The topological polar surface area (TPSA) is 84.0 Å². The Balaban J connectivity index is 1.75. The molecule has 3 amide bonds. The standard InChI is InChI=1S/C15H17FN4O2S3/c1-9(2)7-23-14-19-20-15(25-14)24-8-12(21)18-13(22)17-11-6-4-3-5-10(11)16/h3-6,9H,7-8H2,1-2H3,(H2,17,18,21,22). The largest absolute Gasteiger partial charge is 0.325 e. The summed E-state index contributed by atoms with van der Waals surface area (Å²) in [4.78, 5) is 23.5. The molecule has 0 radical (unpaired) electrons. The van der Waals surface area contributed by atoms with Crippen LogP contribution in [0.25, 0.3) is 0 Å². The number of anilines is 1. The minimum Gasteiger partial charge on any atom is -0.305 e. The van der Waals surface area contributed by atoms with Gasteiger partial charge in [0.1, 0.15) is 5.82 Å². The molecule has 0 spiro atoms. The lowest BCUT2D eigenvalue weighted by atomic mass is 10.3. The number of halogens is 1. The number of carbonyl (C=O) groups excluding carboxylic acids is 2. The first-order valence-electron chi connectivity index (χ1n) is 7.38. The maximum atomic E-state index is 13.4. The minimum absolute atomic E-state index is 0.0106. The summed E-state index contributed by atoms with van der Waals surface area (Å²) in [5.41, 5.74) is 0.0106. The molecule has 134 valence electrons. The van der Waals surface area contributed by atoms with Crippen LogP contribution in [0.1, 0.15) is 13.8 Å². The van der Waals surface area contributed by atoms with Gasteiger partial charge in [0.25, 0.3) is 0 Å². The van der Waals surface area contributed by atoms with Crippen molar-refractivity contribution in [3.8, 4) is 0 Å². The molecular formula is C15H17FN4O2S3. The van der Waals surface area contributed by atoms with Gasteiger partial charge in [-0.25, -0.2) is 9.18 Å². The molecule has 1 heterocycles. The Kier molecular flexibility index (Phi) is 7.66. The molecule has 2 N–H and O–H groups in total. The maximum absolute atomic E-state index is 13.4. The van der Waals surface area contributed by atoms with Gasteiger partial charge in [-0.2, -0.15) is 0 Å². The van der Waals surface area contributed by atoms with Gasteiger partial charge in [0.2, 0.25) is 5.91 Å². The third kappa shape index (κ3) is 7.00. The summed E-state index contributed by atoms with van der Waals surface area (Å²) in [6, 6.07) is 4.95. The molecule has 1 aromatic carbocycles. The van der Waals surface area contributed by atoms with Crippen molar-refractivity contribution in [1.29, 1.82) is 0 Å². The van der Waals surface area contributed by atoms with Gasteiger partial charge in [0, 0.05) is 5.75 Å². The summed E-state index contributed by atoms with van der Waals surface area (Å²) < 4.78 is 14.9. The van der Waals surface area contributed by atoms with E-state index in [1.54, 1.807) is 17.8 Å². The number of carbonyl (C=O) groups is 2. The van der Waals surface area contributed by atoms with Crippen LogP contribution in [0.3, 0.4) is 0 Å². The maximum Gasteiger partial charge on any atom is 0.325 e. The molecular weight excluding hydrogens is 383 g/mol. The Morgan fingerprint density at radius 1 is 1.20 bits per heavy atom. The molecule has 6 nitrogen and oxygen atoms in total. The minimum atomic E-state index is -0.777. The molecule has 0 bridgehead atoms. The molecule has 0 saturated carbocycles. The number of amides is 3. The van der Waals surface area contributed by atoms with Gasteiger partial charge in [0.15, 0.2) is 8.68 Å². The zero-order valence-electron chi connectivity index (χ0n) is 13.6. The Labute approximate surface area is 157 Å². The van der Waals surface area contributed by atoms with E-state index in [4.69, 9.17) is 0 Å². The summed E-state index contributed by atoms with van der Waals surface area (Å²) in [7, 11) is 0. The summed E-state index contributed by atoms with van der Waals surface area (Å²) in [6.45, 7) is 4.25. The second kappa shape index (κ2) is 9.73. The van der Waals surface area contributed by atoms with Crippen LogP contribution in [-0.2, 0) is 4.79 Å². The van der Waals surface area contributed by atoms with Gasteiger partial charge in [0.05, 0.1) is 11.4 Å². The number of nitrogens with zero attached hydrogens (tertiary/aromatic N) is 2. The summed E-state index contributed by atoms with van der Waals surface area (Å²) >= 11 is 4.24. The fraction of sp³-hybridized carbons (Fsp3) is 0.333. The zero-order chi connectivity index (χ0) is 18.2. The van der Waals surface area contributed by atoms with E-state index < -0.39 is 17.8 Å². The summed E-state index contributed by atoms with van der Waals surface area (Å²) in [5, 5.41) is 12.5. The van der Waals surface area contributed by atoms with E-state index in [1.807, 2.05) is 0 Å². The van der Waals surface area contributed by atoms with Crippen LogP contribution < -0.4 is 10.6 Å². The zero-order valence-corrected chi connectivity index (χ0v) is 16.1. The van der Waals surface area contributed by atoms with Crippen molar-refractivity contribution in [1.82, 2.24) is 15.5 Å². The third-order valence-electron chi connectivity index (χ3n) is 2.63. The highest BCUT2D eigenvalue weighted by Crippen LogP contribution is 2.29. The molecule has 0 aliphatic heterocycles. The predicted octanol–water partition coefficient (Wildman–Crippen LogP) is 3.87. The number of hydrogen-bond donors (Lipinski definition) is 2. The highest BCUT2D eigenvalue weighted by molar-refractivity contribution is 8.03. The first-order chi connectivity index (χ1) is 11.9. The van der Waals surface area contributed by atoms with E-state index in [0.29, 0.717) is 10.3 Å². The number of hydrogen-bond acceptors (Lipinski definition) is 7. The number of rotatable bonds is 7. The van der Waals surface area contributed by atoms with E-state index >= 15 is 0 Å². The summed E-state index contributed by atoms with van der Waals surface area (Å²) in [5.74, 6) is 0.471. The molecule has 10 heteroatoms. The molecule has 0 fully saturated rings. The van der Waals surface area contributed by atoms with Crippen LogP contribution in [0.15, 0.2) is 32.9 Å². The first-order valence-corrected chi connectivity index (χ1v) is 10.2. The number of aromatic nitrogens is 2. The Morgan fingerprint density at radius 2 is 1.88 bits per heavy atom. The normalized spacial score (nSPS) is 10.7. The molecule has 1 aromatic heterocycles. The van der Waals surface area contributed by atoms with E-state index in [2.05, 4.69) is 34.7 Å². The van der Waals surface area contributed by atoms with E-state index in [-0.39, 0.29) is 11.4 Å². The molecule has 0 unspecified atom stereocenters. The second-order valence-corrected chi connectivity index (χ2v) is 8.78. The summed E-state index contributed by atoms with van der Waals surface area (Å²) in [6.07, 6.45) is 0. The average Bonchev–Trinajstić information content (AvgIpc) is 3.01. The van der Waals surface area contributed by atoms with Crippen molar-refractivity contribution in [2.75, 3.05) is 16.8 Å². The van der Waals surface area contributed by atoms with Crippen LogP contribution in [0.4, 0.5) is 14.9 Å². The molecule has 0 saturated heterocycles. The smallest absolute Gasteiger partial charge is 0.305 e. The van der Waals surface area contributed by atoms with E-state index in [0.717, 1.165) is 10.1 Å². The fourth-order valence-corrected chi connectivity index (χ4v) is 4.35. The van der Waals surface area contributed by atoms with Gasteiger partial charge in [-0.3, -0.25) is 10.1 Å². The quantitative estimate of drug-likeness (QED) is 0.687. The number of thioether (sulfide) groups is 2. The number of para-hydroxylation sites is 1. The van der Waals surface area contributed by atoms with Gasteiger partial charge in [-0.15, -0.1) is 10.2 Å². The lowest BCUT2D eigenvalue weighted by Gasteiger charge is -2.06. The van der Waals surface area contributed by atoms with Gasteiger partial charge in [-0.1, -0.05) is 60.8 Å². The van der Waals surface area contributed by atoms with E-state index in [9.17, 15) is 14.0 Å². The van der Waals surface area contributed by atoms with Gasteiger partial charge < -0.3 is 5.32 Å². The number of urea groups is 1. The van der Waals surface area contributed by atoms with Crippen LogP contribution in [0, 0.1) is 11.7 Å². The Bertz CT molecular complexity index is 739. The second-order valence-electron chi connectivity index (χ2n) is 5.31. The SMILES string of the molecule is CC(C)CSc1nnc(SCC(=O)NC(=O)Nc2ccccc2F)s1. The van der Waals surface area contributed by atoms with Crippen molar-refractivity contribution in [2.45, 2.75) is 22.5 Å². The van der Waals surface area contributed by atoms with Crippen molar-refractivity contribution in [3.05, 3.63) is 30.1 Å². The van der Waals surface area contributed by atoms with E-state index in [1.165, 1.54) is 41.3 Å². The number of imide groups is 1. The third-order valence-corrected chi connectivity index (χ3v) is 6.25. The lowest BCUT2D eigenvalue weighted by molar-refractivity contribution is -0.117. The average molecular weight is 401 g/mol. The first kappa shape index (κ1) is 19.7. The van der Waals surface area contributed by atoms with Crippen LogP contribution >= 0.6 is 34.9 Å². The lowest BCUT2D eigenvalue weighted by Crippen LogP contribution is -2.35. The number of benzene rings is 1. The molecule has 2 rings (SSSR count). The Hall–Kier alpha value is -1.65. The monoisotopic (exact) mass is 400 g/mol. The molecule has 0 atom stereocenters. The Morgan fingerprint density at radius 3 is 2.56 bits per heavy atom. The van der Waals surface area contributed by atoms with Crippen molar-refractivity contribution >= 4 is 52.5 Å². The van der Waals surface area contributed by atoms with Crippen LogP contribution in [0.5, 0.6) is 0 Å². The molecule has 2 aromatic rings. The molecule has 0 aliphatic carbocycles.